The van der Waals surface area contributed by atoms with Gasteiger partial charge in [-0.25, -0.2) is 4.79 Å². The van der Waals surface area contributed by atoms with Crippen molar-refractivity contribution < 1.29 is 14.3 Å². The molecule has 0 N–H and O–H groups in total. The average molecular weight is 423 g/mol. The zero-order valence-corrected chi connectivity index (χ0v) is 18.2. The molecule has 0 spiro atoms. The third-order valence-corrected chi connectivity index (χ3v) is 5.77. The number of ether oxygens (including phenoxy) is 1. The summed E-state index contributed by atoms with van der Waals surface area (Å²) in [5.41, 5.74) is 3.70. The molecular formula is C26H27ClO3. The van der Waals surface area contributed by atoms with E-state index in [0.29, 0.717) is 29.0 Å². The Bertz CT molecular complexity index is 974. The van der Waals surface area contributed by atoms with Crippen LogP contribution >= 0.6 is 11.6 Å². The first kappa shape index (κ1) is 22.0. The maximum atomic E-state index is 13.2. The van der Waals surface area contributed by atoms with Crippen molar-refractivity contribution in [3.63, 3.8) is 0 Å². The molecule has 1 aliphatic rings. The van der Waals surface area contributed by atoms with E-state index in [-0.39, 0.29) is 18.3 Å². The summed E-state index contributed by atoms with van der Waals surface area (Å²) in [5.74, 6) is -0.495. The molecule has 30 heavy (non-hydrogen) atoms. The summed E-state index contributed by atoms with van der Waals surface area (Å²) < 4.78 is 5.96. The molecule has 156 valence electrons. The number of hydrogen-bond donors (Lipinski definition) is 0. The third kappa shape index (κ3) is 5.70. The van der Waals surface area contributed by atoms with Crippen molar-refractivity contribution in [2.75, 3.05) is 0 Å². The van der Waals surface area contributed by atoms with Gasteiger partial charge in [0.2, 0.25) is 0 Å². The number of halogens is 1. The Morgan fingerprint density at radius 1 is 1.00 bits per heavy atom. The van der Waals surface area contributed by atoms with Gasteiger partial charge in [-0.3, -0.25) is 4.79 Å². The van der Waals surface area contributed by atoms with Crippen LogP contribution in [0.4, 0.5) is 0 Å². The average Bonchev–Trinajstić information content (AvgIpc) is 2.71. The highest BCUT2D eigenvalue weighted by Crippen LogP contribution is 2.29. The molecule has 0 radical (unpaired) electrons. The monoisotopic (exact) mass is 422 g/mol. The molecule has 1 aliphatic heterocycles. The predicted octanol–water partition coefficient (Wildman–Crippen LogP) is 6.13. The lowest BCUT2D eigenvalue weighted by Gasteiger charge is -2.20. The number of carbonyl (C=O) groups is 2. The van der Waals surface area contributed by atoms with Gasteiger partial charge in [-0.1, -0.05) is 66.2 Å². The second-order valence-corrected chi connectivity index (χ2v) is 8.10. The lowest BCUT2D eigenvalue weighted by atomic mass is 9.94. The van der Waals surface area contributed by atoms with Crippen LogP contribution < -0.4 is 0 Å². The number of cyclic esters (lactones) is 1. The maximum absolute atomic E-state index is 13.2. The van der Waals surface area contributed by atoms with Gasteiger partial charge >= 0.3 is 5.97 Å². The van der Waals surface area contributed by atoms with Gasteiger partial charge in [-0.05, 0) is 55.0 Å². The molecule has 0 bridgehead atoms. The molecule has 0 saturated heterocycles. The molecule has 2 aromatic rings. The predicted molar refractivity (Wildman–Crippen MR) is 121 cm³/mol. The van der Waals surface area contributed by atoms with Crippen molar-refractivity contribution in [2.45, 2.75) is 52.1 Å². The van der Waals surface area contributed by atoms with Crippen molar-refractivity contribution in [1.29, 1.82) is 0 Å². The van der Waals surface area contributed by atoms with Gasteiger partial charge in [0, 0.05) is 24.3 Å². The van der Waals surface area contributed by atoms with Crippen LogP contribution in [-0.2, 0) is 22.4 Å². The van der Waals surface area contributed by atoms with Gasteiger partial charge in [0.1, 0.15) is 6.10 Å². The molecule has 2 aromatic carbocycles. The first-order valence-electron chi connectivity index (χ1n) is 10.3. The molecule has 0 unspecified atom stereocenters. The lowest BCUT2D eigenvalue weighted by molar-refractivity contribution is -0.114. The van der Waals surface area contributed by atoms with Crippen LogP contribution in [0.5, 0.6) is 0 Å². The Balaban J connectivity index is 1.99. The van der Waals surface area contributed by atoms with Gasteiger partial charge in [0.15, 0.2) is 5.78 Å². The van der Waals surface area contributed by atoms with E-state index < -0.39 is 5.97 Å². The summed E-state index contributed by atoms with van der Waals surface area (Å²) >= 11 is 6.54. The van der Waals surface area contributed by atoms with Gasteiger partial charge in [-0.2, -0.15) is 0 Å². The quantitative estimate of drug-likeness (QED) is 0.431. The SMILES string of the molecule is Cc1cc(C)c2c(c1Cl)CC(=O)/C=C/CC/C=C/C[C@@H](Cc1ccccc1)OC2=O. The molecule has 3 rings (SSSR count). The van der Waals surface area contributed by atoms with Crippen molar-refractivity contribution in [3.05, 3.63) is 93.5 Å². The number of aryl methyl sites for hydroxylation is 2. The maximum Gasteiger partial charge on any atom is 0.339 e. The summed E-state index contributed by atoms with van der Waals surface area (Å²) in [6.45, 7) is 3.74. The summed E-state index contributed by atoms with van der Waals surface area (Å²) in [7, 11) is 0. The van der Waals surface area contributed by atoms with Gasteiger partial charge in [0.05, 0.1) is 5.56 Å². The first-order valence-corrected chi connectivity index (χ1v) is 10.7. The molecule has 0 amide bonds. The van der Waals surface area contributed by atoms with Gasteiger partial charge in [-0.15, -0.1) is 0 Å². The Labute approximate surface area is 183 Å². The van der Waals surface area contributed by atoms with Crippen molar-refractivity contribution >= 4 is 23.4 Å². The Hall–Kier alpha value is -2.65. The van der Waals surface area contributed by atoms with Crippen LogP contribution in [0.15, 0.2) is 60.7 Å². The van der Waals surface area contributed by atoms with Crippen molar-refractivity contribution in [3.8, 4) is 0 Å². The minimum Gasteiger partial charge on any atom is -0.458 e. The fraction of sp³-hybridized carbons (Fsp3) is 0.308. The first-order chi connectivity index (χ1) is 14.5. The van der Waals surface area contributed by atoms with Crippen LogP contribution in [0.2, 0.25) is 5.02 Å². The highest BCUT2D eigenvalue weighted by Gasteiger charge is 2.24. The fourth-order valence-electron chi connectivity index (χ4n) is 3.76. The molecule has 0 aromatic heterocycles. The number of benzene rings is 2. The van der Waals surface area contributed by atoms with Gasteiger partial charge in [0.25, 0.3) is 0 Å². The molecule has 4 heteroatoms. The number of rotatable bonds is 2. The van der Waals surface area contributed by atoms with Gasteiger partial charge < -0.3 is 4.74 Å². The molecule has 0 fully saturated rings. The number of hydrogen-bond acceptors (Lipinski definition) is 3. The van der Waals surface area contributed by atoms with Crippen LogP contribution in [0, 0.1) is 13.8 Å². The lowest BCUT2D eigenvalue weighted by Crippen LogP contribution is -2.23. The normalized spacial score (nSPS) is 20.0. The van der Waals surface area contributed by atoms with Crippen molar-refractivity contribution in [2.24, 2.45) is 0 Å². The molecule has 1 atom stereocenters. The summed E-state index contributed by atoms with van der Waals surface area (Å²) in [4.78, 5) is 25.7. The van der Waals surface area contributed by atoms with Crippen LogP contribution in [0.3, 0.4) is 0 Å². The van der Waals surface area contributed by atoms with E-state index in [4.69, 9.17) is 16.3 Å². The number of ketones is 1. The van der Waals surface area contributed by atoms with E-state index >= 15 is 0 Å². The van der Waals surface area contributed by atoms with E-state index in [1.807, 2.05) is 56.3 Å². The van der Waals surface area contributed by atoms with Crippen LogP contribution in [0.1, 0.15) is 51.9 Å². The van der Waals surface area contributed by atoms with Crippen molar-refractivity contribution in [1.82, 2.24) is 0 Å². The minimum atomic E-state index is -0.424. The number of allylic oxidation sites excluding steroid dienone is 3. The molecule has 0 saturated carbocycles. The third-order valence-electron chi connectivity index (χ3n) is 5.24. The second-order valence-electron chi connectivity index (χ2n) is 7.72. The molecule has 1 heterocycles. The Morgan fingerprint density at radius 3 is 2.50 bits per heavy atom. The number of esters is 1. The van der Waals surface area contributed by atoms with E-state index in [2.05, 4.69) is 12.2 Å². The van der Waals surface area contributed by atoms with E-state index in [1.54, 1.807) is 6.08 Å². The second kappa shape index (κ2) is 10.4. The van der Waals surface area contributed by atoms with E-state index in [1.165, 1.54) is 0 Å². The Kier molecular flexibility index (Phi) is 7.64. The topological polar surface area (TPSA) is 43.4 Å². The van der Waals surface area contributed by atoms with E-state index in [0.717, 1.165) is 29.5 Å². The van der Waals surface area contributed by atoms with Crippen LogP contribution in [-0.4, -0.2) is 17.9 Å². The highest BCUT2D eigenvalue weighted by atomic mass is 35.5. The highest BCUT2D eigenvalue weighted by molar-refractivity contribution is 6.33. The molecular weight excluding hydrogens is 396 g/mol. The Morgan fingerprint density at radius 2 is 1.73 bits per heavy atom. The molecule has 3 nitrogen and oxygen atoms in total. The largest absolute Gasteiger partial charge is 0.458 e. The smallest absolute Gasteiger partial charge is 0.339 e. The zero-order valence-electron chi connectivity index (χ0n) is 17.5. The zero-order chi connectivity index (χ0) is 21.5. The number of fused-ring (bicyclic) bond motifs is 1. The standard InChI is InChI=1S/C26H27ClO3/c1-18-15-19(2)25(27)23-17-21(28)13-9-4-3-5-10-14-22(30-26(29)24(18)23)16-20-11-7-6-8-12-20/h5-13,15,22H,3-4,14,16-17H2,1-2H3/b10-5+,13-9+/t22-/m0/s1. The molecule has 0 aliphatic carbocycles. The van der Waals surface area contributed by atoms with Crippen LogP contribution in [0.25, 0.3) is 0 Å². The summed E-state index contributed by atoms with van der Waals surface area (Å²) in [5, 5.41) is 0.459. The summed E-state index contributed by atoms with van der Waals surface area (Å²) in [6.07, 6.45) is 10.3. The number of carbonyl (C=O) groups excluding carboxylic acids is 2. The summed E-state index contributed by atoms with van der Waals surface area (Å²) in [6, 6.07) is 11.9. The fourth-order valence-corrected chi connectivity index (χ4v) is 3.98. The minimum absolute atomic E-state index is 0.0715. The van der Waals surface area contributed by atoms with E-state index in [9.17, 15) is 9.59 Å².